The van der Waals surface area contributed by atoms with E-state index in [4.69, 9.17) is 4.52 Å². The number of ketones is 1. The molecule has 4 atom stereocenters. The summed E-state index contributed by atoms with van der Waals surface area (Å²) in [4.78, 5) is 17.2. The molecule has 1 aliphatic carbocycles. The van der Waals surface area contributed by atoms with Gasteiger partial charge in [-0.3, -0.25) is 4.79 Å². The highest BCUT2D eigenvalue weighted by Gasteiger charge is 2.44. The lowest BCUT2D eigenvalue weighted by molar-refractivity contribution is -0.129. The van der Waals surface area contributed by atoms with Crippen LogP contribution in [-0.4, -0.2) is 34.7 Å². The third-order valence-electron chi connectivity index (χ3n) is 4.93. The Morgan fingerprint density at radius 1 is 1.29 bits per heavy atom. The highest BCUT2D eigenvalue weighted by atomic mass is 79.9. The van der Waals surface area contributed by atoms with Crippen LogP contribution in [0.1, 0.15) is 31.1 Å². The number of carbonyl (C=O) groups excluding carboxylic acids is 1. The normalized spacial score (nSPS) is 30.2. The summed E-state index contributed by atoms with van der Waals surface area (Å²) in [5.41, 5.74) is 0.808. The van der Waals surface area contributed by atoms with E-state index < -0.39 is 12.1 Å². The van der Waals surface area contributed by atoms with Gasteiger partial charge in [0.05, 0.1) is 0 Å². The first-order valence-corrected chi connectivity index (χ1v) is 8.92. The minimum Gasteiger partial charge on any atom is -0.338 e. The van der Waals surface area contributed by atoms with Crippen LogP contribution in [0, 0.1) is 5.92 Å². The van der Waals surface area contributed by atoms with Gasteiger partial charge < -0.3 is 9.84 Å². The fraction of sp³-hybridized carbons (Fsp3) is 0.471. The van der Waals surface area contributed by atoms with Gasteiger partial charge in [0.2, 0.25) is 11.7 Å². The maximum atomic E-state index is 13.7. The molecule has 126 valence electrons. The minimum atomic E-state index is -0.894. The lowest BCUT2D eigenvalue weighted by Crippen LogP contribution is -2.53. The largest absolute Gasteiger partial charge is 0.338 e. The van der Waals surface area contributed by atoms with E-state index >= 15 is 0 Å². The number of benzene rings is 1. The van der Waals surface area contributed by atoms with Gasteiger partial charge in [-0.15, -0.1) is 0 Å². The number of carbonyl (C=O) groups is 1. The van der Waals surface area contributed by atoms with E-state index in [2.05, 4.69) is 31.4 Å². The molecule has 1 aliphatic heterocycles. The van der Waals surface area contributed by atoms with Crippen molar-refractivity contribution in [2.75, 3.05) is 6.54 Å². The van der Waals surface area contributed by atoms with Gasteiger partial charge >= 0.3 is 0 Å². The molecule has 2 aliphatic rings. The van der Waals surface area contributed by atoms with Crippen LogP contribution in [-0.2, 0) is 4.79 Å². The van der Waals surface area contributed by atoms with Crippen LogP contribution in [0.4, 0.5) is 4.39 Å². The summed E-state index contributed by atoms with van der Waals surface area (Å²) >= 11 is 3.46. The molecule has 2 heterocycles. The number of fused-ring (bicyclic) bond motifs is 1. The predicted molar refractivity (Wildman–Crippen MR) is 89.2 cm³/mol. The summed E-state index contributed by atoms with van der Waals surface area (Å²) in [6.45, 7) is 0.467. The number of hydrogen-bond acceptors (Lipinski definition) is 5. The van der Waals surface area contributed by atoms with Crippen LogP contribution in [0.15, 0.2) is 33.3 Å². The zero-order chi connectivity index (χ0) is 16.7. The molecule has 2 fully saturated rings. The number of piperidine rings is 1. The predicted octanol–water partition coefficient (Wildman–Crippen LogP) is 3.26. The number of hydrogen-bond donors (Lipinski definition) is 1. The summed E-state index contributed by atoms with van der Waals surface area (Å²) in [5.74, 6) is -0.0351. The molecule has 7 heteroatoms. The van der Waals surface area contributed by atoms with Gasteiger partial charge in [0.1, 0.15) is 12.1 Å². The van der Waals surface area contributed by atoms with Crippen LogP contribution in [0.3, 0.4) is 0 Å². The quantitative estimate of drug-likeness (QED) is 0.847. The first-order chi connectivity index (χ1) is 11.6. The van der Waals surface area contributed by atoms with Crippen molar-refractivity contribution in [1.82, 2.24) is 15.5 Å². The second-order valence-corrected chi connectivity index (χ2v) is 7.28. The third kappa shape index (κ3) is 2.80. The first-order valence-electron chi connectivity index (χ1n) is 8.13. The van der Waals surface area contributed by atoms with E-state index in [0.29, 0.717) is 31.1 Å². The zero-order valence-electron chi connectivity index (χ0n) is 12.9. The Balaban J connectivity index is 1.59. The molecular weight excluding hydrogens is 377 g/mol. The Kier molecular flexibility index (Phi) is 4.22. The van der Waals surface area contributed by atoms with E-state index in [1.54, 1.807) is 0 Å². The Morgan fingerprint density at radius 3 is 2.96 bits per heavy atom. The topological polar surface area (TPSA) is 68.0 Å². The van der Waals surface area contributed by atoms with Crippen molar-refractivity contribution in [2.45, 2.75) is 37.4 Å². The van der Waals surface area contributed by atoms with Gasteiger partial charge in [0, 0.05) is 28.5 Å². The molecule has 1 saturated carbocycles. The van der Waals surface area contributed by atoms with Gasteiger partial charge in [-0.25, -0.2) is 4.39 Å². The second kappa shape index (κ2) is 6.37. The minimum absolute atomic E-state index is 0.0171. The Hall–Kier alpha value is -1.60. The fourth-order valence-electron chi connectivity index (χ4n) is 3.64. The van der Waals surface area contributed by atoms with E-state index in [1.165, 1.54) is 0 Å². The second-order valence-electron chi connectivity index (χ2n) is 6.42. The van der Waals surface area contributed by atoms with Crippen LogP contribution in [0.5, 0.6) is 0 Å². The Morgan fingerprint density at radius 2 is 2.12 bits per heavy atom. The van der Waals surface area contributed by atoms with Crippen molar-refractivity contribution in [3.63, 3.8) is 0 Å². The molecule has 0 amide bonds. The number of halogens is 2. The number of nitrogens with zero attached hydrogens (tertiary/aromatic N) is 2. The summed E-state index contributed by atoms with van der Waals surface area (Å²) in [7, 11) is 0. The Bertz CT molecular complexity index is 766. The smallest absolute Gasteiger partial charge is 0.238 e. The first kappa shape index (κ1) is 15.9. The number of nitrogens with one attached hydrogen (secondary N) is 1. The number of Topliss-reactive ketones (excluding diaryl/α,β-unsaturated/α-hetero) is 1. The maximum Gasteiger partial charge on any atom is 0.238 e. The molecule has 1 aromatic carbocycles. The maximum absolute atomic E-state index is 13.7. The lowest BCUT2D eigenvalue weighted by Gasteiger charge is -2.38. The average Bonchev–Trinajstić information content (AvgIpc) is 3.06. The van der Waals surface area contributed by atoms with Crippen LogP contribution >= 0.6 is 15.9 Å². The van der Waals surface area contributed by atoms with Gasteiger partial charge in [0.25, 0.3) is 0 Å². The molecule has 1 aromatic heterocycles. The molecule has 4 rings (SSSR count). The molecular formula is C17H17BrFN3O2. The summed E-state index contributed by atoms with van der Waals surface area (Å²) in [6, 6.07) is 7.64. The van der Waals surface area contributed by atoms with Crippen LogP contribution in [0.25, 0.3) is 11.4 Å². The molecule has 1 N–H and O–H groups in total. The van der Waals surface area contributed by atoms with Gasteiger partial charge in [-0.2, -0.15) is 4.98 Å². The van der Waals surface area contributed by atoms with E-state index in [1.807, 2.05) is 24.3 Å². The number of alkyl halides is 1. The average molecular weight is 394 g/mol. The van der Waals surface area contributed by atoms with Crippen molar-refractivity contribution in [1.29, 1.82) is 0 Å². The van der Waals surface area contributed by atoms with Crippen molar-refractivity contribution < 1.29 is 13.7 Å². The highest BCUT2D eigenvalue weighted by Crippen LogP contribution is 2.35. The van der Waals surface area contributed by atoms with Crippen molar-refractivity contribution in [2.24, 2.45) is 5.92 Å². The molecule has 2 aromatic rings. The van der Waals surface area contributed by atoms with Crippen LogP contribution < -0.4 is 5.32 Å². The third-order valence-corrected chi connectivity index (χ3v) is 5.63. The standard InChI is InChI=1S/C17H17BrFN3O2/c18-13-4-2-1-3-10(13)16-21-17(24-22-16)12-8-20-14-6-5-9(19)7-11(14)15(12)23/h1-4,9,11-12,14,20H,5-8H2. The molecule has 0 radical (unpaired) electrons. The van der Waals surface area contributed by atoms with Gasteiger partial charge in [-0.1, -0.05) is 33.2 Å². The van der Waals surface area contributed by atoms with E-state index in [9.17, 15) is 9.18 Å². The van der Waals surface area contributed by atoms with Crippen LogP contribution in [0.2, 0.25) is 0 Å². The monoisotopic (exact) mass is 393 g/mol. The molecule has 24 heavy (non-hydrogen) atoms. The summed E-state index contributed by atoms with van der Waals surface area (Å²) < 4.78 is 19.9. The van der Waals surface area contributed by atoms with E-state index in [0.717, 1.165) is 10.0 Å². The van der Waals surface area contributed by atoms with Crippen molar-refractivity contribution in [3.05, 3.63) is 34.6 Å². The molecule has 5 nitrogen and oxygen atoms in total. The summed E-state index contributed by atoms with van der Waals surface area (Å²) in [5, 5.41) is 7.36. The Labute approximate surface area is 147 Å². The zero-order valence-corrected chi connectivity index (χ0v) is 14.5. The van der Waals surface area contributed by atoms with Crippen molar-refractivity contribution in [3.8, 4) is 11.4 Å². The van der Waals surface area contributed by atoms with Gasteiger partial charge in [0.15, 0.2) is 5.78 Å². The van der Waals surface area contributed by atoms with E-state index in [-0.39, 0.29) is 24.2 Å². The molecule has 4 unspecified atom stereocenters. The highest BCUT2D eigenvalue weighted by molar-refractivity contribution is 9.10. The van der Waals surface area contributed by atoms with Crippen molar-refractivity contribution >= 4 is 21.7 Å². The SMILES string of the molecule is O=C1C(c2nc(-c3ccccc3Br)no2)CNC2CCC(F)CC12. The molecule has 0 bridgehead atoms. The fourth-order valence-corrected chi connectivity index (χ4v) is 4.11. The number of rotatable bonds is 2. The molecule has 0 spiro atoms. The van der Waals surface area contributed by atoms with Gasteiger partial charge in [-0.05, 0) is 31.4 Å². The summed E-state index contributed by atoms with van der Waals surface area (Å²) in [6.07, 6.45) is 0.627. The molecule has 1 saturated heterocycles. The lowest BCUT2D eigenvalue weighted by atomic mass is 9.74. The number of aromatic nitrogens is 2.